The van der Waals surface area contributed by atoms with Crippen LogP contribution in [-0.4, -0.2) is 20.8 Å². The Balaban J connectivity index is -0.000000107. The molecule has 0 aromatic carbocycles. The van der Waals surface area contributed by atoms with Crippen LogP contribution in [0.4, 0.5) is 0 Å². The quantitative estimate of drug-likeness (QED) is 0.303. The number of hydrogen-bond donors (Lipinski definition) is 2. The molecule has 0 bridgehead atoms. The van der Waals surface area contributed by atoms with E-state index in [2.05, 4.69) is 0 Å². The Morgan fingerprint density at radius 1 is 0.818 bits per heavy atom. The smallest absolute Gasteiger partial charge is 0.790 e. The average Bonchev–Trinajstić information content (AvgIpc) is 1.12. The average molecular weight is 220 g/mol. The van der Waals surface area contributed by atoms with E-state index in [0.29, 0.717) is 0 Å². The Kier molecular flexibility index (Phi) is 9.56. The molecule has 64 valence electrons. The first-order chi connectivity index (χ1) is 4.00. The van der Waals surface area contributed by atoms with E-state index in [1.54, 1.807) is 0 Å². The molecule has 0 saturated carbocycles. The Morgan fingerprint density at radius 2 is 0.818 bits per heavy atom. The van der Waals surface area contributed by atoms with Crippen LogP contribution in [0, 0.1) is 0 Å². The molecule has 0 aromatic rings. The van der Waals surface area contributed by atoms with Crippen molar-refractivity contribution in [1.82, 2.24) is 0 Å². The molecule has 8 nitrogen and oxygen atoms in total. The van der Waals surface area contributed by atoms with E-state index < -0.39 is 15.6 Å². The predicted octanol–water partition coefficient (Wildman–Crippen LogP) is -4.77. The van der Waals surface area contributed by atoms with Crippen molar-refractivity contribution in [2.45, 2.75) is 0 Å². The molecule has 0 heterocycles. The second-order valence-electron chi connectivity index (χ2n) is 0.937. The molecule has 0 atom stereocenters. The molecule has 0 aliphatic heterocycles. The molecule has 0 fully saturated rings. The van der Waals surface area contributed by atoms with Gasteiger partial charge in [-0.3, -0.25) is 0 Å². The standard InChI is InChI=1S/2H3O4P.Si/c2*1-5(2,3)4;/h2*(H3,1,2,3,4);/q;;+4/p-4. The molecule has 0 unspecified atom stereocenters. The van der Waals surface area contributed by atoms with Crippen LogP contribution in [0.2, 0.25) is 0 Å². The zero-order valence-corrected chi connectivity index (χ0v) is 7.53. The SMILES string of the molecule is O=P([O-])([O-])O.O=P([O-])([O-])O.[Si+4]. The fourth-order valence-corrected chi connectivity index (χ4v) is 0. The van der Waals surface area contributed by atoms with Crippen LogP contribution in [0.5, 0.6) is 0 Å². The molecule has 0 amide bonds. The van der Waals surface area contributed by atoms with E-state index in [1.807, 2.05) is 0 Å². The van der Waals surface area contributed by atoms with E-state index in [4.69, 9.17) is 38.5 Å². The molecular weight excluding hydrogens is 218 g/mol. The molecule has 0 aromatic heterocycles. The normalized spacial score (nSPS) is 10.7. The van der Waals surface area contributed by atoms with E-state index in [-0.39, 0.29) is 11.0 Å². The minimum atomic E-state index is -5.14. The van der Waals surface area contributed by atoms with Crippen LogP contribution in [-0.2, 0) is 9.13 Å². The third-order valence-electron chi connectivity index (χ3n) is 0. The third kappa shape index (κ3) is 3890. The Morgan fingerprint density at radius 3 is 0.818 bits per heavy atom. The van der Waals surface area contributed by atoms with Crippen molar-refractivity contribution in [1.29, 1.82) is 0 Å². The molecule has 0 aliphatic rings. The van der Waals surface area contributed by atoms with Gasteiger partial charge < -0.3 is 38.5 Å². The van der Waals surface area contributed by atoms with Crippen molar-refractivity contribution in [3.8, 4) is 0 Å². The Bertz CT molecular complexity index is 124. The maximum Gasteiger partial charge on any atom is 4.00 e. The topological polar surface area (TPSA) is 167 Å². The van der Waals surface area contributed by atoms with Crippen LogP contribution in [0.3, 0.4) is 0 Å². The first-order valence-electron chi connectivity index (χ1n) is 1.50. The summed E-state index contributed by atoms with van der Waals surface area (Å²) in [5, 5.41) is 0. The van der Waals surface area contributed by atoms with Crippen LogP contribution in [0.25, 0.3) is 0 Å². The predicted molar refractivity (Wildman–Crippen MR) is 25.4 cm³/mol. The Hall–Kier alpha value is 0.437. The zero-order valence-electron chi connectivity index (χ0n) is 4.74. The first kappa shape index (κ1) is 17.5. The van der Waals surface area contributed by atoms with Crippen molar-refractivity contribution >= 4 is 26.6 Å². The van der Waals surface area contributed by atoms with Gasteiger partial charge >= 0.3 is 11.0 Å². The summed E-state index contributed by atoms with van der Waals surface area (Å²) in [6, 6.07) is 0. The van der Waals surface area contributed by atoms with Gasteiger partial charge in [0.2, 0.25) is 0 Å². The molecule has 2 N–H and O–H groups in total. The molecule has 0 radical (unpaired) electrons. The number of rotatable bonds is 0. The van der Waals surface area contributed by atoms with Gasteiger partial charge in [-0.15, -0.1) is 0 Å². The summed E-state index contributed by atoms with van der Waals surface area (Å²) in [5.74, 6) is 0. The van der Waals surface area contributed by atoms with Crippen molar-refractivity contribution < 1.29 is 38.5 Å². The molecule has 0 aliphatic carbocycles. The van der Waals surface area contributed by atoms with Crippen LogP contribution in [0.1, 0.15) is 0 Å². The molecule has 0 rings (SSSR count). The van der Waals surface area contributed by atoms with Crippen LogP contribution >= 0.6 is 15.6 Å². The fraction of sp³-hybridized carbons (Fsp3) is 0. The summed E-state index contributed by atoms with van der Waals surface area (Å²) in [7, 11) is -10.3. The minimum absolute atomic E-state index is 0. The maximum atomic E-state index is 8.66. The van der Waals surface area contributed by atoms with Crippen LogP contribution < -0.4 is 19.6 Å². The monoisotopic (exact) mass is 220 g/mol. The second-order valence-corrected chi connectivity index (χ2v) is 2.81. The maximum absolute atomic E-state index is 8.66. The third-order valence-corrected chi connectivity index (χ3v) is 0. The number of phosphoric acid groups is 2. The van der Waals surface area contributed by atoms with Crippen molar-refractivity contribution in [3.05, 3.63) is 0 Å². The Labute approximate surface area is 66.0 Å². The summed E-state index contributed by atoms with van der Waals surface area (Å²) >= 11 is 0. The second kappa shape index (κ2) is 6.01. The van der Waals surface area contributed by atoms with Gasteiger partial charge in [-0.2, -0.15) is 0 Å². The molecule has 0 spiro atoms. The zero-order chi connectivity index (χ0) is 9.00. The summed E-state index contributed by atoms with van der Waals surface area (Å²) in [4.78, 5) is 48.6. The minimum Gasteiger partial charge on any atom is -0.790 e. The van der Waals surface area contributed by atoms with Gasteiger partial charge in [0.1, 0.15) is 0 Å². The van der Waals surface area contributed by atoms with Gasteiger partial charge in [0.05, 0.1) is 15.6 Å². The van der Waals surface area contributed by atoms with Gasteiger partial charge in [0.25, 0.3) is 0 Å². The van der Waals surface area contributed by atoms with Crippen LogP contribution in [0.15, 0.2) is 0 Å². The summed E-state index contributed by atoms with van der Waals surface area (Å²) < 4.78 is 17.3. The van der Waals surface area contributed by atoms with Gasteiger partial charge in [-0.1, -0.05) is 0 Å². The van der Waals surface area contributed by atoms with E-state index in [9.17, 15) is 0 Å². The fourth-order valence-electron chi connectivity index (χ4n) is 0. The van der Waals surface area contributed by atoms with Gasteiger partial charge in [0, 0.05) is 0 Å². The van der Waals surface area contributed by atoms with E-state index >= 15 is 0 Å². The molecule has 11 heteroatoms. The van der Waals surface area contributed by atoms with Gasteiger partial charge in [-0.25, -0.2) is 0 Å². The van der Waals surface area contributed by atoms with E-state index in [1.165, 1.54) is 0 Å². The van der Waals surface area contributed by atoms with Crippen molar-refractivity contribution in [2.24, 2.45) is 0 Å². The largest absolute Gasteiger partial charge is 4.00 e. The van der Waals surface area contributed by atoms with Gasteiger partial charge in [-0.05, 0) is 0 Å². The van der Waals surface area contributed by atoms with Crippen molar-refractivity contribution in [2.75, 3.05) is 0 Å². The summed E-state index contributed by atoms with van der Waals surface area (Å²) in [6.45, 7) is 0. The summed E-state index contributed by atoms with van der Waals surface area (Å²) in [5.41, 5.74) is 0. The number of hydrogen-bond acceptors (Lipinski definition) is 6. The molecule has 0 saturated heterocycles. The van der Waals surface area contributed by atoms with Crippen molar-refractivity contribution in [3.63, 3.8) is 0 Å². The van der Waals surface area contributed by atoms with Gasteiger partial charge in [0.15, 0.2) is 0 Å². The van der Waals surface area contributed by atoms with E-state index in [0.717, 1.165) is 0 Å². The summed E-state index contributed by atoms with van der Waals surface area (Å²) in [6.07, 6.45) is 0. The molecular formula is H2O8P2Si. The molecule has 11 heavy (non-hydrogen) atoms. The first-order valence-corrected chi connectivity index (χ1v) is 4.49.